The Morgan fingerprint density at radius 3 is 2.00 bits per heavy atom. The second-order valence-electron chi connectivity index (χ2n) is 3.96. The monoisotopic (exact) mass is 270 g/mol. The maximum atomic E-state index is 5.52. The number of hydrogen-bond donors (Lipinski definition) is 0. The summed E-state index contributed by atoms with van der Waals surface area (Å²) in [6.07, 6.45) is -0.0199. The van der Waals surface area contributed by atoms with E-state index < -0.39 is 0 Å². The van der Waals surface area contributed by atoms with E-state index in [2.05, 4.69) is 43.4 Å². The van der Waals surface area contributed by atoms with Crippen LogP contribution in [0.4, 0.5) is 0 Å². The molecule has 0 bridgehead atoms. The van der Waals surface area contributed by atoms with E-state index >= 15 is 0 Å². The van der Waals surface area contributed by atoms with Crippen LogP contribution in [-0.2, 0) is 9.47 Å². The fraction of sp³-hybridized carbons (Fsp3) is 1.00. The van der Waals surface area contributed by atoms with Crippen LogP contribution >= 0.6 is 22.6 Å². The third kappa shape index (κ3) is 2.87. The minimum absolute atomic E-state index is 0.0199. The van der Waals surface area contributed by atoms with E-state index in [1.54, 1.807) is 0 Å². The Labute approximate surface area is 81.8 Å². The van der Waals surface area contributed by atoms with E-state index in [4.69, 9.17) is 9.47 Å². The van der Waals surface area contributed by atoms with Crippen molar-refractivity contribution in [2.75, 3.05) is 13.2 Å². The van der Waals surface area contributed by atoms with Crippen LogP contribution in [0.5, 0.6) is 0 Å². The Morgan fingerprint density at radius 2 is 1.64 bits per heavy atom. The van der Waals surface area contributed by atoms with E-state index in [9.17, 15) is 0 Å². The summed E-state index contributed by atoms with van der Waals surface area (Å²) >= 11 is 2.34. The normalized spacial score (nSPS) is 33.8. The summed E-state index contributed by atoms with van der Waals surface area (Å²) in [6.45, 7) is 8.03. The summed E-state index contributed by atoms with van der Waals surface area (Å²) in [7, 11) is 0. The van der Waals surface area contributed by atoms with Gasteiger partial charge in [-0.25, -0.2) is 0 Å². The summed E-state index contributed by atoms with van der Waals surface area (Å²) in [5.74, 6) is 0. The maximum absolute atomic E-state index is 5.52. The zero-order chi connectivity index (χ0) is 8.48. The molecule has 3 heteroatoms. The Balaban J connectivity index is 2.39. The second-order valence-corrected chi connectivity index (χ2v) is 5.72. The van der Waals surface area contributed by atoms with Gasteiger partial charge in [0.25, 0.3) is 0 Å². The van der Waals surface area contributed by atoms with Gasteiger partial charge in [0.1, 0.15) is 0 Å². The Bertz CT molecular complexity index is 123. The number of rotatable bonds is 0. The number of ether oxygens (including phenoxy) is 2. The summed E-state index contributed by atoms with van der Waals surface area (Å²) in [6, 6.07) is 0. The van der Waals surface area contributed by atoms with Crippen molar-refractivity contribution >= 4 is 22.6 Å². The van der Waals surface area contributed by atoms with E-state index in [-0.39, 0.29) is 11.7 Å². The van der Waals surface area contributed by atoms with E-state index in [1.165, 1.54) is 0 Å². The van der Waals surface area contributed by atoms with Crippen LogP contribution in [0, 0.1) is 5.41 Å². The number of alkyl halides is 1. The highest BCUT2D eigenvalue weighted by Crippen LogP contribution is 2.27. The molecule has 1 aliphatic heterocycles. The van der Waals surface area contributed by atoms with Crippen LogP contribution in [0.15, 0.2) is 0 Å². The zero-order valence-corrected chi connectivity index (χ0v) is 9.42. The van der Waals surface area contributed by atoms with Crippen LogP contribution in [0.3, 0.4) is 0 Å². The smallest absolute Gasteiger partial charge is 0.162 e. The minimum atomic E-state index is -0.0199. The Hall–Kier alpha value is 0.650. The molecule has 0 aliphatic carbocycles. The molecule has 0 spiro atoms. The lowest BCUT2D eigenvalue weighted by Crippen LogP contribution is -2.40. The topological polar surface area (TPSA) is 18.5 Å². The van der Waals surface area contributed by atoms with Gasteiger partial charge in [0, 0.05) is 5.41 Å². The molecule has 66 valence electrons. The lowest BCUT2D eigenvalue weighted by atomic mass is 9.95. The van der Waals surface area contributed by atoms with Gasteiger partial charge in [-0.15, -0.1) is 0 Å². The molecule has 0 aromatic carbocycles. The number of halogens is 1. The van der Waals surface area contributed by atoms with Crippen molar-refractivity contribution in [3.8, 4) is 0 Å². The quantitative estimate of drug-likeness (QED) is 0.496. The van der Waals surface area contributed by atoms with Crippen molar-refractivity contribution in [2.45, 2.75) is 31.0 Å². The van der Waals surface area contributed by atoms with Gasteiger partial charge in [-0.2, -0.15) is 0 Å². The highest BCUT2D eigenvalue weighted by atomic mass is 127. The van der Waals surface area contributed by atoms with Crippen LogP contribution in [0.1, 0.15) is 20.8 Å². The first kappa shape index (κ1) is 9.74. The van der Waals surface area contributed by atoms with Gasteiger partial charge in [-0.1, -0.05) is 43.4 Å². The summed E-state index contributed by atoms with van der Waals surface area (Å²) in [5.41, 5.74) is 0.108. The predicted octanol–water partition coefficient (Wildman–Crippen LogP) is 2.21. The molecule has 1 rings (SSSR count). The first-order chi connectivity index (χ1) is 5.00. The van der Waals surface area contributed by atoms with Gasteiger partial charge in [0.05, 0.1) is 17.1 Å². The zero-order valence-electron chi connectivity index (χ0n) is 7.26. The SMILES string of the molecule is CC(C)(C)C1OCC(I)CO1. The molecule has 0 aromatic heterocycles. The molecule has 0 radical (unpaired) electrons. The maximum Gasteiger partial charge on any atom is 0.162 e. The lowest BCUT2D eigenvalue weighted by Gasteiger charge is -2.35. The molecule has 0 N–H and O–H groups in total. The van der Waals surface area contributed by atoms with Gasteiger partial charge in [0.15, 0.2) is 6.29 Å². The first-order valence-electron chi connectivity index (χ1n) is 3.87. The molecule has 1 aliphatic rings. The fourth-order valence-electron chi connectivity index (χ4n) is 0.980. The molecule has 2 nitrogen and oxygen atoms in total. The summed E-state index contributed by atoms with van der Waals surface area (Å²) < 4.78 is 11.6. The molecule has 0 amide bonds. The molecule has 0 saturated carbocycles. The summed E-state index contributed by atoms with van der Waals surface area (Å²) in [5, 5.41) is 0. The Kier molecular flexibility index (Phi) is 3.17. The largest absolute Gasteiger partial charge is 0.351 e. The molecule has 1 heterocycles. The van der Waals surface area contributed by atoms with Crippen LogP contribution in [-0.4, -0.2) is 23.4 Å². The standard InChI is InChI=1S/C8H15IO2/c1-8(2,3)7-10-4-6(9)5-11-7/h6-7H,4-5H2,1-3H3. The average Bonchev–Trinajstić information content (AvgIpc) is 1.86. The van der Waals surface area contributed by atoms with Crippen LogP contribution < -0.4 is 0 Å². The van der Waals surface area contributed by atoms with Crippen LogP contribution in [0.2, 0.25) is 0 Å². The average molecular weight is 270 g/mol. The van der Waals surface area contributed by atoms with E-state index in [1.807, 2.05) is 0 Å². The number of hydrogen-bond acceptors (Lipinski definition) is 2. The highest BCUT2D eigenvalue weighted by Gasteiger charge is 2.30. The third-order valence-corrected chi connectivity index (χ3v) is 2.28. The van der Waals surface area contributed by atoms with Gasteiger partial charge < -0.3 is 9.47 Å². The molecule has 1 saturated heterocycles. The second kappa shape index (κ2) is 3.58. The molecule has 11 heavy (non-hydrogen) atoms. The molecular formula is C8H15IO2. The van der Waals surface area contributed by atoms with Gasteiger partial charge in [-0.3, -0.25) is 0 Å². The Morgan fingerprint density at radius 1 is 1.18 bits per heavy atom. The molecular weight excluding hydrogens is 255 g/mol. The van der Waals surface area contributed by atoms with Crippen molar-refractivity contribution in [3.63, 3.8) is 0 Å². The van der Waals surface area contributed by atoms with Crippen molar-refractivity contribution < 1.29 is 9.47 Å². The highest BCUT2D eigenvalue weighted by molar-refractivity contribution is 14.1. The fourth-order valence-corrected chi connectivity index (χ4v) is 1.40. The van der Waals surface area contributed by atoms with Crippen molar-refractivity contribution in [2.24, 2.45) is 5.41 Å². The molecule has 0 unspecified atom stereocenters. The minimum Gasteiger partial charge on any atom is -0.351 e. The van der Waals surface area contributed by atoms with Gasteiger partial charge in [0.2, 0.25) is 0 Å². The van der Waals surface area contributed by atoms with Crippen molar-refractivity contribution in [1.29, 1.82) is 0 Å². The molecule has 1 fully saturated rings. The van der Waals surface area contributed by atoms with Crippen LogP contribution in [0.25, 0.3) is 0 Å². The predicted molar refractivity (Wildman–Crippen MR) is 53.0 cm³/mol. The van der Waals surface area contributed by atoms with Gasteiger partial charge in [-0.05, 0) is 0 Å². The van der Waals surface area contributed by atoms with Crippen molar-refractivity contribution in [1.82, 2.24) is 0 Å². The first-order valence-corrected chi connectivity index (χ1v) is 5.12. The molecule has 0 atom stereocenters. The van der Waals surface area contributed by atoms with Crippen molar-refractivity contribution in [3.05, 3.63) is 0 Å². The van der Waals surface area contributed by atoms with Gasteiger partial charge >= 0.3 is 0 Å². The van der Waals surface area contributed by atoms with E-state index in [0.717, 1.165) is 13.2 Å². The lowest BCUT2D eigenvalue weighted by molar-refractivity contribution is -0.219. The molecule has 0 aromatic rings. The third-order valence-electron chi connectivity index (χ3n) is 1.56. The van der Waals surface area contributed by atoms with E-state index in [0.29, 0.717) is 3.92 Å². The summed E-state index contributed by atoms with van der Waals surface area (Å²) in [4.78, 5) is 0.